The van der Waals surface area contributed by atoms with Crippen molar-refractivity contribution in [2.75, 3.05) is 32.7 Å². The minimum atomic E-state index is -0.616. The number of amides is 3. The molecule has 0 saturated carbocycles. The van der Waals surface area contributed by atoms with Crippen molar-refractivity contribution in [3.05, 3.63) is 0 Å². The number of nitrogens with one attached hydrogen (secondary N) is 1. The molecule has 1 aliphatic rings. The van der Waals surface area contributed by atoms with E-state index < -0.39 is 17.4 Å². The number of likely N-dealkylation sites (N-methyl/N-ethyl adjacent to an activating group) is 1. The van der Waals surface area contributed by atoms with Crippen molar-refractivity contribution in [3.63, 3.8) is 0 Å². The molecule has 0 aromatic rings. The number of rotatable bonds is 5. The number of hydrogen-bond acceptors (Lipinski definition) is 4. The van der Waals surface area contributed by atoms with Crippen molar-refractivity contribution in [2.45, 2.75) is 26.3 Å². The van der Waals surface area contributed by atoms with Gasteiger partial charge >= 0.3 is 11.8 Å². The fourth-order valence-corrected chi connectivity index (χ4v) is 1.72. The molecule has 0 aliphatic carbocycles. The number of nitrogens with two attached hydrogens (primary N) is 1. The third kappa shape index (κ3) is 5.34. The molecule has 116 valence electrons. The van der Waals surface area contributed by atoms with Gasteiger partial charge in [0.05, 0.1) is 0 Å². The highest BCUT2D eigenvalue weighted by Gasteiger charge is 2.32. The van der Waals surface area contributed by atoms with Crippen LogP contribution in [0.1, 0.15) is 20.8 Å². The molecule has 1 heterocycles. The second-order valence-corrected chi connectivity index (χ2v) is 5.38. The van der Waals surface area contributed by atoms with Gasteiger partial charge in [-0.05, 0) is 20.8 Å². The molecule has 0 radical (unpaired) electrons. The van der Waals surface area contributed by atoms with Crippen molar-refractivity contribution in [3.8, 4) is 0 Å². The number of nitrogens with zero attached hydrogens (tertiary/aromatic N) is 2. The van der Waals surface area contributed by atoms with Crippen LogP contribution in [0.15, 0.2) is 0 Å². The van der Waals surface area contributed by atoms with Crippen molar-refractivity contribution >= 4 is 30.1 Å². The predicted octanol–water partition coefficient (Wildman–Crippen LogP) is -1.05. The molecule has 7 nitrogen and oxygen atoms in total. The van der Waals surface area contributed by atoms with Gasteiger partial charge in [-0.2, -0.15) is 0 Å². The van der Waals surface area contributed by atoms with E-state index in [1.54, 1.807) is 13.8 Å². The van der Waals surface area contributed by atoms with Gasteiger partial charge in [0.25, 0.3) is 0 Å². The molecule has 1 saturated heterocycles. The van der Waals surface area contributed by atoms with Crippen LogP contribution in [0, 0.1) is 0 Å². The van der Waals surface area contributed by atoms with Crippen molar-refractivity contribution in [1.29, 1.82) is 0 Å². The fraction of sp³-hybridized carbons (Fsp3) is 0.750. The maximum Gasteiger partial charge on any atom is 0.312 e. The Labute approximate surface area is 125 Å². The molecule has 0 aromatic carbocycles. The summed E-state index contributed by atoms with van der Waals surface area (Å²) in [7, 11) is 0. The number of carbonyl (C=O) groups excluding carboxylic acids is 3. The van der Waals surface area contributed by atoms with Gasteiger partial charge in [-0.25, -0.2) is 0 Å². The van der Waals surface area contributed by atoms with Crippen molar-refractivity contribution in [2.24, 2.45) is 5.73 Å². The van der Waals surface area contributed by atoms with Gasteiger partial charge in [-0.3, -0.25) is 14.4 Å². The molecule has 20 heavy (non-hydrogen) atoms. The van der Waals surface area contributed by atoms with E-state index in [1.807, 2.05) is 6.92 Å². The Balaban J connectivity index is 0.00000361. The first-order chi connectivity index (χ1) is 8.74. The topological polar surface area (TPSA) is 95.7 Å². The summed E-state index contributed by atoms with van der Waals surface area (Å²) in [6.07, 6.45) is 0. The average Bonchev–Trinajstić information content (AvgIpc) is 2.32. The van der Waals surface area contributed by atoms with Crippen LogP contribution in [0.25, 0.3) is 0 Å². The summed E-state index contributed by atoms with van der Waals surface area (Å²) in [5, 5.41) is 2.65. The average molecular weight is 307 g/mol. The first kappa shape index (κ1) is 18.7. The molecule has 8 heteroatoms. The Kier molecular flexibility index (Phi) is 6.95. The molecule has 0 spiro atoms. The molecular formula is C12H23ClN4O3. The van der Waals surface area contributed by atoms with Gasteiger partial charge in [0, 0.05) is 31.7 Å². The number of halogens is 1. The fourth-order valence-electron chi connectivity index (χ4n) is 1.72. The molecule has 1 fully saturated rings. The van der Waals surface area contributed by atoms with E-state index in [4.69, 9.17) is 5.73 Å². The molecule has 0 aromatic heterocycles. The maximum atomic E-state index is 11.8. The van der Waals surface area contributed by atoms with Crippen LogP contribution in [-0.2, 0) is 14.4 Å². The van der Waals surface area contributed by atoms with Crippen LogP contribution in [0.3, 0.4) is 0 Å². The lowest BCUT2D eigenvalue weighted by molar-refractivity contribution is -0.156. The molecule has 0 atom stereocenters. The Bertz CT molecular complexity index is 381. The van der Waals surface area contributed by atoms with Crippen molar-refractivity contribution in [1.82, 2.24) is 15.1 Å². The Hall–Kier alpha value is -1.34. The monoisotopic (exact) mass is 306 g/mol. The van der Waals surface area contributed by atoms with E-state index in [0.717, 1.165) is 0 Å². The van der Waals surface area contributed by atoms with E-state index in [2.05, 4.69) is 5.32 Å². The Morgan fingerprint density at radius 1 is 1.25 bits per heavy atom. The third-order valence-corrected chi connectivity index (χ3v) is 2.85. The summed E-state index contributed by atoms with van der Waals surface area (Å²) < 4.78 is 0. The molecular weight excluding hydrogens is 284 g/mol. The summed E-state index contributed by atoms with van der Waals surface area (Å²) >= 11 is 0. The first-order valence-corrected chi connectivity index (χ1v) is 6.38. The van der Waals surface area contributed by atoms with Gasteiger partial charge in [-0.1, -0.05) is 0 Å². The lowest BCUT2D eigenvalue weighted by atomic mass is 10.1. The molecule has 3 N–H and O–H groups in total. The lowest BCUT2D eigenvalue weighted by Gasteiger charge is -2.32. The van der Waals surface area contributed by atoms with E-state index in [9.17, 15) is 14.4 Å². The second kappa shape index (κ2) is 7.44. The smallest absolute Gasteiger partial charge is 0.312 e. The minimum absolute atomic E-state index is 0. The standard InChI is InChI=1S/C12H22N4O3.ClH/c1-4-15-5-6-16(11(19)10(15)18)7-9(17)14-8-12(2,3)13;/h4-8,13H2,1-3H3,(H,14,17);1H. The number of hydrogen-bond donors (Lipinski definition) is 2. The minimum Gasteiger partial charge on any atom is -0.353 e. The largest absolute Gasteiger partial charge is 0.353 e. The summed E-state index contributed by atoms with van der Waals surface area (Å²) in [6, 6.07) is 0. The summed E-state index contributed by atoms with van der Waals surface area (Å²) in [6.45, 7) is 6.99. The lowest BCUT2D eigenvalue weighted by Crippen LogP contribution is -2.56. The zero-order valence-corrected chi connectivity index (χ0v) is 13.0. The van der Waals surface area contributed by atoms with Crippen molar-refractivity contribution < 1.29 is 14.4 Å². The summed E-state index contributed by atoms with van der Waals surface area (Å²) in [5.74, 6) is -1.46. The van der Waals surface area contributed by atoms with Crippen LogP contribution in [0.4, 0.5) is 0 Å². The van der Waals surface area contributed by atoms with Gasteiger partial charge in [0.15, 0.2) is 0 Å². The highest BCUT2D eigenvalue weighted by Crippen LogP contribution is 2.04. The molecule has 0 bridgehead atoms. The quantitative estimate of drug-likeness (QED) is 0.634. The molecule has 3 amide bonds. The maximum absolute atomic E-state index is 11.8. The van der Waals surface area contributed by atoms with Crippen LogP contribution in [0.2, 0.25) is 0 Å². The van der Waals surface area contributed by atoms with Crippen LogP contribution >= 0.6 is 12.4 Å². The predicted molar refractivity (Wildman–Crippen MR) is 77.4 cm³/mol. The zero-order valence-electron chi connectivity index (χ0n) is 12.1. The second-order valence-electron chi connectivity index (χ2n) is 5.38. The van der Waals surface area contributed by atoms with Gasteiger partial charge in [0.2, 0.25) is 5.91 Å². The number of carbonyl (C=O) groups is 3. The van der Waals surface area contributed by atoms with E-state index in [0.29, 0.717) is 26.2 Å². The third-order valence-electron chi connectivity index (χ3n) is 2.85. The normalized spacial score (nSPS) is 16.0. The Morgan fingerprint density at radius 2 is 1.75 bits per heavy atom. The summed E-state index contributed by atoms with van der Waals surface area (Å²) in [5.41, 5.74) is 5.24. The zero-order chi connectivity index (χ0) is 14.6. The SMILES string of the molecule is CCN1CCN(CC(=O)NCC(C)(C)N)C(=O)C1=O.Cl. The van der Waals surface area contributed by atoms with E-state index in [1.165, 1.54) is 9.80 Å². The van der Waals surface area contributed by atoms with Crippen LogP contribution < -0.4 is 11.1 Å². The van der Waals surface area contributed by atoms with E-state index >= 15 is 0 Å². The van der Waals surface area contributed by atoms with Crippen LogP contribution in [0.5, 0.6) is 0 Å². The van der Waals surface area contributed by atoms with Gasteiger partial charge < -0.3 is 20.9 Å². The van der Waals surface area contributed by atoms with E-state index in [-0.39, 0.29) is 24.9 Å². The highest BCUT2D eigenvalue weighted by molar-refractivity contribution is 6.35. The number of piperazine rings is 1. The van der Waals surface area contributed by atoms with Gasteiger partial charge in [-0.15, -0.1) is 12.4 Å². The van der Waals surface area contributed by atoms with Gasteiger partial charge in [0.1, 0.15) is 6.54 Å². The summed E-state index contributed by atoms with van der Waals surface area (Å²) in [4.78, 5) is 37.8. The Morgan fingerprint density at radius 3 is 2.25 bits per heavy atom. The van der Waals surface area contributed by atoms with Crippen LogP contribution in [-0.4, -0.2) is 65.8 Å². The highest BCUT2D eigenvalue weighted by atomic mass is 35.5. The first-order valence-electron chi connectivity index (χ1n) is 6.38. The molecule has 0 unspecified atom stereocenters. The molecule has 1 aliphatic heterocycles. The molecule has 1 rings (SSSR count).